The molecule has 0 atom stereocenters. The Hall–Kier alpha value is -1.75. The molecule has 94 valence electrons. The summed E-state index contributed by atoms with van der Waals surface area (Å²) >= 11 is 1.63. The van der Waals surface area contributed by atoms with Gasteiger partial charge in [-0.2, -0.15) is 5.10 Å². The number of rotatable bonds is 5. The second-order valence-electron chi connectivity index (χ2n) is 3.90. The Morgan fingerprint density at radius 3 is 3.00 bits per heavy atom. The van der Waals surface area contributed by atoms with E-state index in [4.69, 9.17) is 5.11 Å². The average molecular weight is 262 g/mol. The van der Waals surface area contributed by atoms with Crippen molar-refractivity contribution in [2.24, 2.45) is 0 Å². The number of nitrogens with zero attached hydrogens (tertiary/aromatic N) is 2. The molecule has 0 spiro atoms. The van der Waals surface area contributed by atoms with E-state index in [1.54, 1.807) is 24.0 Å². The fourth-order valence-electron chi connectivity index (χ4n) is 1.61. The fourth-order valence-corrected chi connectivity index (χ4v) is 2.49. The van der Waals surface area contributed by atoms with Crippen molar-refractivity contribution in [1.82, 2.24) is 9.78 Å². The zero-order chi connectivity index (χ0) is 13.0. The van der Waals surface area contributed by atoms with Crippen LogP contribution >= 0.6 is 11.8 Å². The Morgan fingerprint density at radius 1 is 1.50 bits per heavy atom. The molecule has 2 rings (SSSR count). The summed E-state index contributed by atoms with van der Waals surface area (Å²) in [5.41, 5.74) is 1.16. The summed E-state index contributed by atoms with van der Waals surface area (Å²) in [7, 11) is 0. The number of carboxylic acid groups (broad SMARTS) is 1. The number of hydrogen-bond donors (Lipinski definition) is 1. The molecule has 0 aliphatic carbocycles. The number of carboxylic acids is 1. The lowest BCUT2D eigenvalue weighted by Gasteiger charge is -2.05. The van der Waals surface area contributed by atoms with Crippen molar-refractivity contribution < 1.29 is 9.90 Å². The van der Waals surface area contributed by atoms with Gasteiger partial charge in [-0.3, -0.25) is 4.68 Å². The second kappa shape index (κ2) is 5.73. The average Bonchev–Trinajstić information content (AvgIpc) is 2.84. The molecule has 0 fully saturated rings. The van der Waals surface area contributed by atoms with Crippen molar-refractivity contribution in [2.75, 3.05) is 5.75 Å². The molecule has 4 nitrogen and oxygen atoms in total. The minimum atomic E-state index is -0.873. The molecule has 18 heavy (non-hydrogen) atoms. The van der Waals surface area contributed by atoms with Crippen molar-refractivity contribution in [2.45, 2.75) is 18.4 Å². The van der Waals surface area contributed by atoms with Gasteiger partial charge in [0.1, 0.15) is 0 Å². The number of aromatic carboxylic acids is 1. The van der Waals surface area contributed by atoms with Crippen LogP contribution in [0.4, 0.5) is 0 Å². The van der Waals surface area contributed by atoms with E-state index in [1.807, 2.05) is 36.0 Å². The van der Waals surface area contributed by atoms with Crippen LogP contribution in [-0.4, -0.2) is 26.6 Å². The first kappa shape index (κ1) is 12.7. The van der Waals surface area contributed by atoms with Gasteiger partial charge in [-0.25, -0.2) is 4.79 Å². The molecule has 1 aromatic heterocycles. The van der Waals surface area contributed by atoms with E-state index >= 15 is 0 Å². The fraction of sp³-hybridized carbons (Fsp3) is 0.231. The molecule has 5 heteroatoms. The number of carbonyl (C=O) groups is 1. The quantitative estimate of drug-likeness (QED) is 0.842. The molecule has 1 heterocycles. The highest BCUT2D eigenvalue weighted by molar-refractivity contribution is 7.99. The minimum absolute atomic E-state index is 0.374. The van der Waals surface area contributed by atoms with E-state index in [1.165, 1.54) is 0 Å². The molecule has 0 aliphatic heterocycles. The first-order chi connectivity index (χ1) is 8.66. The summed E-state index contributed by atoms with van der Waals surface area (Å²) in [6, 6.07) is 7.42. The lowest BCUT2D eigenvalue weighted by Crippen LogP contribution is -2.01. The topological polar surface area (TPSA) is 55.1 Å². The van der Waals surface area contributed by atoms with Crippen molar-refractivity contribution in [3.63, 3.8) is 0 Å². The second-order valence-corrected chi connectivity index (χ2v) is 5.07. The van der Waals surface area contributed by atoms with Crippen molar-refractivity contribution in [3.8, 4) is 0 Å². The summed E-state index contributed by atoms with van der Waals surface area (Å²) < 4.78 is 1.86. The van der Waals surface area contributed by atoms with Crippen molar-refractivity contribution >= 4 is 17.7 Å². The largest absolute Gasteiger partial charge is 0.478 e. The van der Waals surface area contributed by atoms with Gasteiger partial charge in [-0.05, 0) is 30.7 Å². The molecule has 0 amide bonds. The standard InChI is InChI=1S/C13H14N2O2S/c1-10-3-4-11(9-12(10)13(16)17)18-8-7-15-6-2-5-14-15/h2-6,9H,7-8H2,1H3,(H,16,17). The van der Waals surface area contributed by atoms with Crippen molar-refractivity contribution in [1.29, 1.82) is 0 Å². The first-order valence-electron chi connectivity index (χ1n) is 5.61. The van der Waals surface area contributed by atoms with Gasteiger partial charge in [0.25, 0.3) is 0 Å². The zero-order valence-corrected chi connectivity index (χ0v) is 10.9. The van der Waals surface area contributed by atoms with Gasteiger partial charge in [-0.15, -0.1) is 11.8 Å². The van der Waals surface area contributed by atoms with Crippen LogP contribution in [0, 0.1) is 6.92 Å². The van der Waals surface area contributed by atoms with Crippen LogP contribution in [0.2, 0.25) is 0 Å². The van der Waals surface area contributed by atoms with E-state index < -0.39 is 5.97 Å². The van der Waals surface area contributed by atoms with Gasteiger partial charge in [-0.1, -0.05) is 6.07 Å². The van der Waals surface area contributed by atoms with E-state index in [0.29, 0.717) is 5.56 Å². The van der Waals surface area contributed by atoms with Gasteiger partial charge in [0, 0.05) is 23.0 Å². The van der Waals surface area contributed by atoms with Crippen LogP contribution in [0.15, 0.2) is 41.6 Å². The van der Waals surface area contributed by atoms with Gasteiger partial charge in [0.2, 0.25) is 0 Å². The number of aryl methyl sites for hydroxylation is 2. The summed E-state index contributed by atoms with van der Waals surface area (Å²) in [4.78, 5) is 12.0. The van der Waals surface area contributed by atoms with Gasteiger partial charge in [0.05, 0.1) is 12.1 Å². The molecular formula is C13H14N2O2S. The maximum absolute atomic E-state index is 11.0. The Morgan fingerprint density at radius 2 is 2.33 bits per heavy atom. The lowest BCUT2D eigenvalue weighted by atomic mass is 10.1. The summed E-state index contributed by atoms with van der Waals surface area (Å²) in [5, 5.41) is 13.2. The SMILES string of the molecule is Cc1ccc(SCCn2cccn2)cc1C(=O)O. The van der Waals surface area contributed by atoms with Crippen LogP contribution in [0.5, 0.6) is 0 Å². The number of hydrogen-bond acceptors (Lipinski definition) is 3. The highest BCUT2D eigenvalue weighted by atomic mass is 32.2. The van der Waals surface area contributed by atoms with Crippen LogP contribution in [-0.2, 0) is 6.54 Å². The van der Waals surface area contributed by atoms with E-state index in [0.717, 1.165) is 22.8 Å². The van der Waals surface area contributed by atoms with Gasteiger partial charge in [0.15, 0.2) is 0 Å². The summed E-state index contributed by atoms with van der Waals surface area (Å²) in [6.07, 6.45) is 3.66. The number of benzene rings is 1. The summed E-state index contributed by atoms with van der Waals surface area (Å²) in [5.74, 6) is -0.00824. The smallest absolute Gasteiger partial charge is 0.335 e. The number of aromatic nitrogens is 2. The molecule has 0 saturated carbocycles. The maximum atomic E-state index is 11.0. The lowest BCUT2D eigenvalue weighted by molar-refractivity contribution is 0.0696. The van der Waals surface area contributed by atoms with Gasteiger partial charge < -0.3 is 5.11 Å². The third kappa shape index (κ3) is 3.13. The normalized spacial score (nSPS) is 10.5. The molecule has 1 N–H and O–H groups in total. The Balaban J connectivity index is 1.97. The first-order valence-corrected chi connectivity index (χ1v) is 6.59. The predicted molar refractivity (Wildman–Crippen MR) is 71.1 cm³/mol. The van der Waals surface area contributed by atoms with Crippen LogP contribution in [0.3, 0.4) is 0 Å². The third-order valence-corrected chi connectivity index (χ3v) is 3.56. The van der Waals surface area contributed by atoms with Crippen LogP contribution in [0.25, 0.3) is 0 Å². The van der Waals surface area contributed by atoms with Crippen LogP contribution in [0.1, 0.15) is 15.9 Å². The van der Waals surface area contributed by atoms with E-state index in [2.05, 4.69) is 5.10 Å². The van der Waals surface area contributed by atoms with E-state index in [-0.39, 0.29) is 0 Å². The third-order valence-electron chi connectivity index (χ3n) is 2.59. The van der Waals surface area contributed by atoms with Crippen molar-refractivity contribution in [3.05, 3.63) is 47.8 Å². The molecule has 0 bridgehead atoms. The molecule has 0 saturated heterocycles. The highest BCUT2D eigenvalue weighted by Gasteiger charge is 2.07. The van der Waals surface area contributed by atoms with E-state index in [9.17, 15) is 4.79 Å². The maximum Gasteiger partial charge on any atom is 0.335 e. The molecule has 0 aliphatic rings. The summed E-state index contributed by atoms with van der Waals surface area (Å²) in [6.45, 7) is 2.62. The van der Waals surface area contributed by atoms with Gasteiger partial charge >= 0.3 is 5.97 Å². The zero-order valence-electron chi connectivity index (χ0n) is 10.0. The molecule has 1 aromatic carbocycles. The predicted octanol–water partition coefficient (Wildman–Crippen LogP) is 2.68. The molecule has 0 radical (unpaired) electrons. The molecular weight excluding hydrogens is 248 g/mol. The number of thioether (sulfide) groups is 1. The highest BCUT2D eigenvalue weighted by Crippen LogP contribution is 2.21. The Labute approximate surface area is 110 Å². The monoisotopic (exact) mass is 262 g/mol. The van der Waals surface area contributed by atoms with Crippen LogP contribution < -0.4 is 0 Å². The Bertz CT molecular complexity index is 538. The Kier molecular flexibility index (Phi) is 4.04. The minimum Gasteiger partial charge on any atom is -0.478 e. The molecule has 2 aromatic rings. The molecule has 0 unspecified atom stereocenters.